The zero-order valence-electron chi connectivity index (χ0n) is 12.9. The Kier molecular flexibility index (Phi) is 3.66. The van der Waals surface area contributed by atoms with Crippen molar-refractivity contribution in [3.8, 4) is 11.3 Å². The van der Waals surface area contributed by atoms with Crippen LogP contribution in [-0.2, 0) is 6.54 Å². The zero-order chi connectivity index (χ0) is 16.5. The Bertz CT molecular complexity index is 1010. The molecule has 0 aliphatic carbocycles. The zero-order valence-corrected chi connectivity index (χ0v) is 13.7. The van der Waals surface area contributed by atoms with Gasteiger partial charge in [-0.25, -0.2) is 4.98 Å². The van der Waals surface area contributed by atoms with E-state index in [-0.39, 0.29) is 0 Å². The summed E-state index contributed by atoms with van der Waals surface area (Å²) in [5, 5.41) is 12.3. The van der Waals surface area contributed by atoms with Crippen LogP contribution in [0.3, 0.4) is 0 Å². The van der Waals surface area contributed by atoms with Gasteiger partial charge in [0.25, 0.3) is 0 Å². The molecule has 120 valence electrons. The smallest absolute Gasteiger partial charge is 0.168 e. The largest absolute Gasteiger partial charge is 0.364 e. The van der Waals surface area contributed by atoms with Crippen LogP contribution in [0.2, 0.25) is 5.02 Å². The molecule has 3 heterocycles. The van der Waals surface area contributed by atoms with Crippen LogP contribution in [-0.4, -0.2) is 19.8 Å². The van der Waals surface area contributed by atoms with E-state index in [2.05, 4.69) is 20.6 Å². The van der Waals surface area contributed by atoms with Crippen molar-refractivity contribution in [1.29, 1.82) is 0 Å². The molecular weight excluding hydrogens is 326 g/mol. The summed E-state index contributed by atoms with van der Waals surface area (Å²) in [7, 11) is 0. The molecular formula is C17H14ClN5O. The quantitative estimate of drug-likeness (QED) is 0.609. The molecule has 24 heavy (non-hydrogen) atoms. The van der Waals surface area contributed by atoms with Gasteiger partial charge in [0, 0.05) is 29.5 Å². The Balaban J connectivity index is 1.56. The number of hydrogen-bond donors (Lipinski definition) is 1. The van der Waals surface area contributed by atoms with Crippen molar-refractivity contribution in [2.24, 2.45) is 0 Å². The third kappa shape index (κ3) is 2.72. The lowest BCUT2D eigenvalue weighted by Gasteiger charge is -2.07. The molecule has 0 amide bonds. The second-order valence-corrected chi connectivity index (χ2v) is 5.81. The molecule has 0 unspecified atom stereocenters. The summed E-state index contributed by atoms with van der Waals surface area (Å²) in [5.41, 5.74) is 3.32. The molecule has 0 spiro atoms. The Morgan fingerprint density at radius 2 is 2.08 bits per heavy atom. The first kappa shape index (κ1) is 14.7. The van der Waals surface area contributed by atoms with E-state index in [1.54, 1.807) is 10.7 Å². The molecule has 0 aliphatic heterocycles. The number of fused-ring (bicyclic) bond motifs is 1. The van der Waals surface area contributed by atoms with Crippen LogP contribution in [0, 0.1) is 6.92 Å². The summed E-state index contributed by atoms with van der Waals surface area (Å²) in [6.45, 7) is 2.45. The van der Waals surface area contributed by atoms with Gasteiger partial charge in [-0.1, -0.05) is 28.9 Å². The first-order valence-corrected chi connectivity index (χ1v) is 7.84. The number of aryl methyl sites for hydroxylation is 1. The molecule has 4 rings (SSSR count). The highest BCUT2D eigenvalue weighted by Gasteiger charge is 2.10. The molecule has 0 radical (unpaired) electrons. The number of hydrogen-bond acceptors (Lipinski definition) is 5. The molecule has 1 N–H and O–H groups in total. The second kappa shape index (κ2) is 5.98. The van der Waals surface area contributed by atoms with Gasteiger partial charge in [-0.2, -0.15) is 9.61 Å². The van der Waals surface area contributed by atoms with Crippen LogP contribution in [0.15, 0.2) is 53.2 Å². The van der Waals surface area contributed by atoms with E-state index >= 15 is 0 Å². The fraction of sp³-hybridized carbons (Fsp3) is 0.118. The molecule has 7 heteroatoms. The van der Waals surface area contributed by atoms with Crippen molar-refractivity contribution >= 4 is 23.1 Å². The fourth-order valence-electron chi connectivity index (χ4n) is 2.53. The minimum Gasteiger partial charge on any atom is -0.364 e. The minimum absolute atomic E-state index is 0.506. The maximum absolute atomic E-state index is 6.19. The summed E-state index contributed by atoms with van der Waals surface area (Å²) < 4.78 is 7.16. The number of rotatable bonds is 4. The van der Waals surface area contributed by atoms with E-state index in [1.807, 2.05) is 49.4 Å². The normalized spacial score (nSPS) is 11.1. The SMILES string of the molecule is Cc1cc(NCc2cc(-c3ccccc3Cl)on2)n2nccc2n1. The van der Waals surface area contributed by atoms with Crippen molar-refractivity contribution in [3.63, 3.8) is 0 Å². The van der Waals surface area contributed by atoms with Crippen LogP contribution < -0.4 is 5.32 Å². The van der Waals surface area contributed by atoms with Crippen LogP contribution in [0.25, 0.3) is 17.0 Å². The highest BCUT2D eigenvalue weighted by molar-refractivity contribution is 6.33. The Morgan fingerprint density at radius 3 is 2.96 bits per heavy atom. The van der Waals surface area contributed by atoms with E-state index in [0.717, 1.165) is 28.4 Å². The third-order valence-electron chi connectivity index (χ3n) is 3.64. The number of nitrogens with zero attached hydrogens (tertiary/aromatic N) is 4. The Morgan fingerprint density at radius 1 is 1.21 bits per heavy atom. The number of benzene rings is 1. The maximum Gasteiger partial charge on any atom is 0.168 e. The molecule has 0 atom stereocenters. The van der Waals surface area contributed by atoms with Gasteiger partial charge in [0.1, 0.15) is 11.5 Å². The standard InChI is InChI=1S/C17H14ClN5O/c1-11-8-17(23-16(21-11)6-7-20-23)19-10-12-9-15(24-22-12)13-4-2-3-5-14(13)18/h2-9,19H,10H2,1H3. The summed E-state index contributed by atoms with van der Waals surface area (Å²) in [6.07, 6.45) is 1.72. The van der Waals surface area contributed by atoms with E-state index in [0.29, 0.717) is 17.3 Å². The lowest BCUT2D eigenvalue weighted by Crippen LogP contribution is -2.06. The highest BCUT2D eigenvalue weighted by Crippen LogP contribution is 2.28. The summed E-state index contributed by atoms with van der Waals surface area (Å²) >= 11 is 6.19. The van der Waals surface area contributed by atoms with Crippen LogP contribution >= 0.6 is 11.6 Å². The second-order valence-electron chi connectivity index (χ2n) is 5.40. The van der Waals surface area contributed by atoms with Crippen molar-refractivity contribution in [2.45, 2.75) is 13.5 Å². The summed E-state index contributed by atoms with van der Waals surface area (Å²) in [6, 6.07) is 13.2. The number of anilines is 1. The topological polar surface area (TPSA) is 68.2 Å². The minimum atomic E-state index is 0.506. The Hall–Kier alpha value is -2.86. The molecule has 0 saturated heterocycles. The monoisotopic (exact) mass is 339 g/mol. The first-order valence-electron chi connectivity index (χ1n) is 7.46. The third-order valence-corrected chi connectivity index (χ3v) is 3.97. The first-order chi connectivity index (χ1) is 11.7. The number of aromatic nitrogens is 4. The van der Waals surface area contributed by atoms with Gasteiger partial charge >= 0.3 is 0 Å². The molecule has 0 saturated carbocycles. The molecule has 0 bridgehead atoms. The summed E-state index contributed by atoms with van der Waals surface area (Å²) in [5.74, 6) is 1.50. The van der Waals surface area contributed by atoms with Crippen molar-refractivity contribution in [2.75, 3.05) is 5.32 Å². The fourth-order valence-corrected chi connectivity index (χ4v) is 2.76. The molecule has 0 aliphatic rings. The number of nitrogens with one attached hydrogen (secondary N) is 1. The molecule has 3 aromatic heterocycles. The maximum atomic E-state index is 6.19. The molecule has 1 aromatic carbocycles. The molecule has 0 fully saturated rings. The predicted octanol–water partition coefficient (Wildman–Crippen LogP) is 3.96. The highest BCUT2D eigenvalue weighted by atomic mass is 35.5. The van der Waals surface area contributed by atoms with Gasteiger partial charge in [-0.15, -0.1) is 0 Å². The van der Waals surface area contributed by atoms with E-state index in [9.17, 15) is 0 Å². The van der Waals surface area contributed by atoms with Gasteiger partial charge < -0.3 is 9.84 Å². The van der Waals surface area contributed by atoms with Gasteiger partial charge in [-0.3, -0.25) is 0 Å². The van der Waals surface area contributed by atoms with E-state index in [4.69, 9.17) is 16.1 Å². The lowest BCUT2D eigenvalue weighted by atomic mass is 10.1. The van der Waals surface area contributed by atoms with Crippen molar-refractivity contribution < 1.29 is 4.52 Å². The van der Waals surface area contributed by atoms with Crippen molar-refractivity contribution in [3.05, 3.63) is 65.1 Å². The van der Waals surface area contributed by atoms with Gasteiger partial charge in [-0.05, 0) is 19.1 Å². The molecule has 6 nitrogen and oxygen atoms in total. The van der Waals surface area contributed by atoms with E-state index in [1.165, 1.54) is 0 Å². The lowest BCUT2D eigenvalue weighted by molar-refractivity contribution is 0.424. The van der Waals surface area contributed by atoms with Gasteiger partial charge in [0.2, 0.25) is 0 Å². The van der Waals surface area contributed by atoms with Crippen LogP contribution in [0.5, 0.6) is 0 Å². The van der Waals surface area contributed by atoms with E-state index < -0.39 is 0 Å². The van der Waals surface area contributed by atoms with Crippen LogP contribution in [0.1, 0.15) is 11.4 Å². The number of halogens is 1. The van der Waals surface area contributed by atoms with Crippen molar-refractivity contribution in [1.82, 2.24) is 19.8 Å². The van der Waals surface area contributed by atoms with Crippen LogP contribution in [0.4, 0.5) is 5.82 Å². The predicted molar refractivity (Wildman–Crippen MR) is 92.0 cm³/mol. The summed E-state index contributed by atoms with van der Waals surface area (Å²) in [4.78, 5) is 4.42. The van der Waals surface area contributed by atoms with Gasteiger partial charge in [0.05, 0.1) is 17.8 Å². The molecule has 4 aromatic rings. The van der Waals surface area contributed by atoms with Gasteiger partial charge in [0.15, 0.2) is 11.4 Å². The Labute approximate surface area is 143 Å². The average molecular weight is 340 g/mol. The average Bonchev–Trinajstić information content (AvgIpc) is 3.22.